The fourth-order valence-electron chi connectivity index (χ4n) is 2.86. The molecule has 0 saturated carbocycles. The van der Waals surface area contributed by atoms with Gasteiger partial charge in [0.1, 0.15) is 45.2 Å². The summed E-state index contributed by atoms with van der Waals surface area (Å²) in [5.41, 5.74) is 5.78. The van der Waals surface area contributed by atoms with E-state index in [0.29, 0.717) is 43.4 Å². The van der Waals surface area contributed by atoms with Gasteiger partial charge in [-0.1, -0.05) is 0 Å². The number of nitrogen functional groups attached to an aromatic ring is 1. The highest BCUT2D eigenvalue weighted by Gasteiger charge is 2.26. The number of nitrogens with one attached hydrogen (secondary N) is 2. The highest BCUT2D eigenvalue weighted by atomic mass is 127. The van der Waals surface area contributed by atoms with Gasteiger partial charge in [-0.3, -0.25) is 5.41 Å². The summed E-state index contributed by atoms with van der Waals surface area (Å²) in [6.07, 6.45) is 2.48. The van der Waals surface area contributed by atoms with Crippen molar-refractivity contribution >= 4 is 55.7 Å². The molecule has 1 aliphatic rings. The lowest BCUT2D eigenvalue weighted by atomic mass is 10.2. The highest BCUT2D eigenvalue weighted by molar-refractivity contribution is 14.1. The minimum atomic E-state index is -0.515. The van der Waals surface area contributed by atoms with Gasteiger partial charge in [0.15, 0.2) is 0 Å². The topological polar surface area (TPSA) is 146 Å². The van der Waals surface area contributed by atoms with Crippen LogP contribution in [0.4, 0.5) is 28.1 Å². The molecule has 11 nitrogen and oxygen atoms in total. The molecule has 0 atom stereocenters. The molecule has 0 spiro atoms. The Morgan fingerprint density at radius 3 is 2.47 bits per heavy atom. The molecule has 0 radical (unpaired) electrons. The minimum Gasteiger partial charge on any atom is -0.444 e. The molecule has 1 aliphatic heterocycles. The number of amides is 1. The first-order chi connectivity index (χ1) is 14.1. The number of nitrogens with zero attached hydrogens (tertiary/aromatic N) is 6. The third kappa shape index (κ3) is 5.43. The van der Waals surface area contributed by atoms with Crippen molar-refractivity contribution in [1.29, 1.82) is 5.41 Å². The molecule has 1 saturated heterocycles. The van der Waals surface area contributed by atoms with E-state index in [1.54, 1.807) is 11.0 Å². The van der Waals surface area contributed by atoms with Crippen LogP contribution in [0, 0.1) is 5.41 Å². The second-order valence-corrected chi connectivity index (χ2v) is 8.72. The Hall–Kier alpha value is -2.77. The number of hydrogen-bond donors (Lipinski definition) is 3. The maximum atomic E-state index is 12.2. The third-order valence-corrected chi connectivity index (χ3v) is 4.79. The predicted molar refractivity (Wildman–Crippen MR) is 123 cm³/mol. The summed E-state index contributed by atoms with van der Waals surface area (Å²) in [4.78, 5) is 32.7. The summed E-state index contributed by atoms with van der Waals surface area (Å²) in [6.45, 7) is 7.90. The van der Waals surface area contributed by atoms with E-state index in [1.807, 2.05) is 43.4 Å². The van der Waals surface area contributed by atoms with E-state index in [9.17, 15) is 4.79 Å². The van der Waals surface area contributed by atoms with E-state index < -0.39 is 5.60 Å². The first-order valence-corrected chi connectivity index (χ1v) is 10.4. The van der Waals surface area contributed by atoms with E-state index >= 15 is 0 Å². The Bertz CT molecular complexity index is 939. The van der Waals surface area contributed by atoms with Crippen molar-refractivity contribution in [2.45, 2.75) is 26.4 Å². The van der Waals surface area contributed by atoms with Gasteiger partial charge in [0.2, 0.25) is 0 Å². The smallest absolute Gasteiger partial charge is 0.410 e. The molecule has 2 aromatic heterocycles. The van der Waals surface area contributed by atoms with Gasteiger partial charge in [-0.05, 0) is 43.4 Å². The Kier molecular flexibility index (Phi) is 6.53. The molecular formula is C18H24IN9O2. The number of piperazine rings is 1. The van der Waals surface area contributed by atoms with Crippen molar-refractivity contribution in [3.8, 4) is 0 Å². The SMILES string of the molecule is CC(C)(C)OC(=O)N1CCN(c2cc(Nc3ncnc(N)c3C(=N)I)ncn2)CC1. The lowest BCUT2D eigenvalue weighted by Crippen LogP contribution is -2.50. The summed E-state index contributed by atoms with van der Waals surface area (Å²) >= 11 is 1.86. The van der Waals surface area contributed by atoms with Crippen molar-refractivity contribution in [2.75, 3.05) is 42.1 Å². The van der Waals surface area contributed by atoms with Crippen LogP contribution in [-0.4, -0.2) is 66.4 Å². The second-order valence-electron chi connectivity index (χ2n) is 7.64. The summed E-state index contributed by atoms with van der Waals surface area (Å²) in [7, 11) is 0. The van der Waals surface area contributed by atoms with Crippen molar-refractivity contribution in [3.05, 3.63) is 24.3 Å². The number of rotatable bonds is 4. The molecule has 0 aliphatic carbocycles. The molecule has 2 aromatic rings. The molecule has 0 aromatic carbocycles. The van der Waals surface area contributed by atoms with Gasteiger partial charge in [-0.2, -0.15) is 0 Å². The number of halogens is 1. The zero-order valence-corrected chi connectivity index (χ0v) is 19.2. The Morgan fingerprint density at radius 1 is 1.17 bits per heavy atom. The first-order valence-electron chi connectivity index (χ1n) is 9.31. The number of nitrogens with two attached hydrogens (primary N) is 1. The number of carbonyl (C=O) groups excluding carboxylic acids is 1. The molecule has 1 amide bonds. The zero-order valence-electron chi connectivity index (χ0n) is 17.0. The Labute approximate surface area is 188 Å². The van der Waals surface area contributed by atoms with E-state index in [2.05, 4.69) is 30.2 Å². The Morgan fingerprint density at radius 2 is 1.83 bits per heavy atom. The summed E-state index contributed by atoms with van der Waals surface area (Å²) in [5.74, 6) is 1.87. The Balaban J connectivity index is 1.68. The quantitative estimate of drug-likeness (QED) is 0.405. The average Bonchev–Trinajstić information content (AvgIpc) is 2.67. The summed E-state index contributed by atoms with van der Waals surface area (Å²) < 4.78 is 5.66. The number of hydrogen-bond acceptors (Lipinski definition) is 10. The third-order valence-electron chi connectivity index (χ3n) is 4.25. The second kappa shape index (κ2) is 8.93. The van der Waals surface area contributed by atoms with E-state index in [-0.39, 0.29) is 15.6 Å². The average molecular weight is 525 g/mol. The molecule has 0 unspecified atom stereocenters. The number of carbonyl (C=O) groups is 1. The van der Waals surface area contributed by atoms with Crippen LogP contribution >= 0.6 is 22.6 Å². The normalized spacial score (nSPS) is 14.4. The van der Waals surface area contributed by atoms with Crippen LogP contribution in [-0.2, 0) is 4.74 Å². The largest absolute Gasteiger partial charge is 0.444 e. The number of ether oxygens (including phenoxy) is 1. The molecule has 160 valence electrons. The van der Waals surface area contributed by atoms with Crippen LogP contribution in [0.15, 0.2) is 18.7 Å². The van der Waals surface area contributed by atoms with Gasteiger partial charge in [0, 0.05) is 32.2 Å². The van der Waals surface area contributed by atoms with Gasteiger partial charge in [-0.15, -0.1) is 0 Å². The van der Waals surface area contributed by atoms with Crippen LogP contribution in [0.1, 0.15) is 26.3 Å². The monoisotopic (exact) mass is 525 g/mol. The van der Waals surface area contributed by atoms with Crippen molar-refractivity contribution in [3.63, 3.8) is 0 Å². The summed E-state index contributed by atoms with van der Waals surface area (Å²) in [5, 5.41) is 11.0. The molecule has 0 bridgehead atoms. The van der Waals surface area contributed by atoms with Gasteiger partial charge in [0.25, 0.3) is 0 Å². The maximum absolute atomic E-state index is 12.2. The molecular weight excluding hydrogens is 501 g/mol. The molecule has 1 fully saturated rings. The van der Waals surface area contributed by atoms with Crippen LogP contribution < -0.4 is 16.0 Å². The summed E-state index contributed by atoms with van der Waals surface area (Å²) in [6, 6.07) is 1.79. The fourth-order valence-corrected chi connectivity index (χ4v) is 3.40. The lowest BCUT2D eigenvalue weighted by Gasteiger charge is -2.36. The molecule has 12 heteroatoms. The highest BCUT2D eigenvalue weighted by Crippen LogP contribution is 2.25. The number of aromatic nitrogens is 4. The molecule has 4 N–H and O–H groups in total. The van der Waals surface area contributed by atoms with E-state index in [0.717, 1.165) is 5.82 Å². The van der Waals surface area contributed by atoms with Crippen molar-refractivity contribution < 1.29 is 9.53 Å². The van der Waals surface area contributed by atoms with Crippen LogP contribution in [0.2, 0.25) is 0 Å². The van der Waals surface area contributed by atoms with E-state index in [1.165, 1.54) is 12.7 Å². The maximum Gasteiger partial charge on any atom is 0.410 e. The van der Waals surface area contributed by atoms with Gasteiger partial charge in [-0.25, -0.2) is 24.7 Å². The van der Waals surface area contributed by atoms with Crippen LogP contribution in [0.25, 0.3) is 0 Å². The van der Waals surface area contributed by atoms with Crippen molar-refractivity contribution in [1.82, 2.24) is 24.8 Å². The van der Waals surface area contributed by atoms with Gasteiger partial charge >= 0.3 is 6.09 Å². The van der Waals surface area contributed by atoms with E-state index in [4.69, 9.17) is 15.9 Å². The lowest BCUT2D eigenvalue weighted by molar-refractivity contribution is 0.0240. The van der Waals surface area contributed by atoms with Crippen LogP contribution in [0.5, 0.6) is 0 Å². The van der Waals surface area contributed by atoms with Gasteiger partial charge < -0.3 is 25.6 Å². The molecule has 30 heavy (non-hydrogen) atoms. The number of anilines is 4. The fraction of sp³-hybridized carbons (Fsp3) is 0.444. The zero-order chi connectivity index (χ0) is 21.9. The minimum absolute atomic E-state index is 0.222. The van der Waals surface area contributed by atoms with Crippen LogP contribution in [0.3, 0.4) is 0 Å². The molecule has 3 rings (SSSR count). The molecule has 3 heterocycles. The van der Waals surface area contributed by atoms with Gasteiger partial charge in [0.05, 0.1) is 5.56 Å². The standard InChI is InChI=1S/C18H24IN9O2/c1-18(2,3)30-17(29)28-6-4-27(5-7-28)12-8-11(22-9-23-12)26-16-13(14(19)20)15(21)24-10-25-16/h8-10,20H,4-7H2,1-3H3,(H3,21,22,23,24,25,26). The van der Waals surface area contributed by atoms with Crippen molar-refractivity contribution in [2.24, 2.45) is 0 Å². The predicted octanol–water partition coefficient (Wildman–Crippen LogP) is 2.41. The first kappa shape index (κ1) is 21.9.